The third-order valence-corrected chi connectivity index (χ3v) is 5.43. The van der Waals surface area contributed by atoms with Gasteiger partial charge in [0.2, 0.25) is 11.8 Å². The Kier molecular flexibility index (Phi) is 5.11. The van der Waals surface area contributed by atoms with Gasteiger partial charge in [-0.05, 0) is 36.6 Å². The largest absolute Gasteiger partial charge is 0.324 e. The number of halogens is 1. The number of anilines is 2. The van der Waals surface area contributed by atoms with E-state index in [-0.39, 0.29) is 18.2 Å². The molecule has 2 amide bonds. The second kappa shape index (κ2) is 7.69. The molecule has 8 heteroatoms. The summed E-state index contributed by atoms with van der Waals surface area (Å²) in [6.45, 7) is 0. The van der Waals surface area contributed by atoms with Crippen LogP contribution in [-0.2, 0) is 9.59 Å². The summed E-state index contributed by atoms with van der Waals surface area (Å²) in [6.07, 6.45) is 2.00. The van der Waals surface area contributed by atoms with Crippen LogP contribution in [0.1, 0.15) is 12.5 Å². The third kappa shape index (κ3) is 3.76. The van der Waals surface area contributed by atoms with E-state index in [0.717, 1.165) is 10.5 Å². The highest BCUT2D eigenvalue weighted by molar-refractivity contribution is 7.98. The number of nitrogens with one attached hydrogen (secondary N) is 2. The maximum absolute atomic E-state index is 12.9. The van der Waals surface area contributed by atoms with Gasteiger partial charge in [-0.2, -0.15) is 5.10 Å². The molecule has 0 saturated carbocycles. The van der Waals surface area contributed by atoms with Crippen molar-refractivity contribution in [1.82, 2.24) is 9.78 Å². The van der Waals surface area contributed by atoms with Gasteiger partial charge in [0.15, 0.2) is 0 Å². The summed E-state index contributed by atoms with van der Waals surface area (Å²) in [7, 11) is 0. The Morgan fingerprint density at radius 2 is 2.04 bits per heavy atom. The van der Waals surface area contributed by atoms with Gasteiger partial charge in [-0.25, -0.2) is 4.68 Å². The van der Waals surface area contributed by atoms with E-state index >= 15 is 0 Å². The SMILES string of the molecule is CSc1cccc(NC(=O)[C@@H]2CC(=O)Nc3cc(-c4ccc(Cl)cc4)nn32)c1. The molecule has 2 heterocycles. The standard InChI is InChI=1S/C20H17ClN4O2S/c1-28-15-4-2-3-14(9-15)22-20(27)17-11-19(26)23-18-10-16(24-25(17)18)12-5-7-13(21)8-6-12/h2-10,17H,11H2,1H3,(H,22,27)(H,23,26)/t17-/m0/s1. The maximum atomic E-state index is 12.9. The second-order valence-corrected chi connectivity index (χ2v) is 7.67. The molecule has 0 bridgehead atoms. The fourth-order valence-corrected chi connectivity index (χ4v) is 3.66. The van der Waals surface area contributed by atoms with E-state index in [1.54, 1.807) is 34.6 Å². The molecule has 1 atom stereocenters. The highest BCUT2D eigenvalue weighted by Crippen LogP contribution is 2.31. The fourth-order valence-electron chi connectivity index (χ4n) is 3.07. The van der Waals surface area contributed by atoms with Crippen LogP contribution in [-0.4, -0.2) is 27.9 Å². The van der Waals surface area contributed by atoms with Crippen LogP contribution in [0.2, 0.25) is 5.02 Å². The molecule has 3 aromatic rings. The van der Waals surface area contributed by atoms with Gasteiger partial charge < -0.3 is 10.6 Å². The van der Waals surface area contributed by atoms with Crippen molar-refractivity contribution in [3.05, 3.63) is 59.6 Å². The molecule has 0 aliphatic carbocycles. The van der Waals surface area contributed by atoms with Gasteiger partial charge in [-0.15, -0.1) is 11.8 Å². The number of fused-ring (bicyclic) bond motifs is 1. The first kappa shape index (κ1) is 18.6. The highest BCUT2D eigenvalue weighted by Gasteiger charge is 2.32. The molecule has 28 heavy (non-hydrogen) atoms. The Morgan fingerprint density at radius 3 is 2.79 bits per heavy atom. The van der Waals surface area contributed by atoms with Crippen molar-refractivity contribution >= 4 is 46.7 Å². The zero-order valence-corrected chi connectivity index (χ0v) is 16.6. The molecule has 2 aromatic carbocycles. The Labute approximate surface area is 171 Å². The molecule has 0 fully saturated rings. The van der Waals surface area contributed by atoms with E-state index in [0.29, 0.717) is 22.2 Å². The number of nitrogens with zero attached hydrogens (tertiary/aromatic N) is 2. The summed E-state index contributed by atoms with van der Waals surface area (Å²) in [5.74, 6) is 0.00685. The number of hydrogen-bond donors (Lipinski definition) is 2. The molecule has 0 unspecified atom stereocenters. The summed E-state index contributed by atoms with van der Waals surface area (Å²) in [6, 6.07) is 15.9. The normalized spacial score (nSPS) is 15.6. The lowest BCUT2D eigenvalue weighted by molar-refractivity contribution is -0.125. The zero-order chi connectivity index (χ0) is 19.7. The van der Waals surface area contributed by atoms with Gasteiger partial charge in [-0.3, -0.25) is 9.59 Å². The lowest BCUT2D eigenvalue weighted by Gasteiger charge is -2.23. The molecule has 6 nitrogen and oxygen atoms in total. The van der Waals surface area contributed by atoms with E-state index in [4.69, 9.17) is 11.6 Å². The van der Waals surface area contributed by atoms with Gasteiger partial charge in [0, 0.05) is 27.2 Å². The first-order valence-corrected chi connectivity index (χ1v) is 10.2. The van der Waals surface area contributed by atoms with E-state index in [2.05, 4.69) is 15.7 Å². The van der Waals surface area contributed by atoms with Crippen molar-refractivity contribution in [1.29, 1.82) is 0 Å². The number of carbonyl (C=O) groups is 2. The van der Waals surface area contributed by atoms with E-state index < -0.39 is 6.04 Å². The van der Waals surface area contributed by atoms with E-state index in [1.807, 2.05) is 42.7 Å². The molecule has 0 spiro atoms. The summed E-state index contributed by atoms with van der Waals surface area (Å²) < 4.78 is 1.57. The van der Waals surface area contributed by atoms with Crippen molar-refractivity contribution in [3.63, 3.8) is 0 Å². The summed E-state index contributed by atoms with van der Waals surface area (Å²) >= 11 is 7.54. The minimum absolute atomic E-state index is 0.0305. The summed E-state index contributed by atoms with van der Waals surface area (Å²) in [4.78, 5) is 26.1. The Morgan fingerprint density at radius 1 is 1.25 bits per heavy atom. The monoisotopic (exact) mass is 412 g/mol. The van der Waals surface area contributed by atoms with Crippen LogP contribution in [0.25, 0.3) is 11.3 Å². The molecule has 1 aliphatic heterocycles. The van der Waals surface area contributed by atoms with Gasteiger partial charge in [0.25, 0.3) is 0 Å². The van der Waals surface area contributed by atoms with Gasteiger partial charge in [0.05, 0.1) is 12.1 Å². The summed E-state index contributed by atoms with van der Waals surface area (Å²) in [5, 5.41) is 10.9. The number of thioether (sulfide) groups is 1. The average Bonchev–Trinajstić information content (AvgIpc) is 3.11. The molecule has 2 N–H and O–H groups in total. The van der Waals surface area contributed by atoms with Crippen LogP contribution in [0, 0.1) is 0 Å². The topological polar surface area (TPSA) is 76.0 Å². The third-order valence-electron chi connectivity index (χ3n) is 4.46. The molecule has 1 aliphatic rings. The maximum Gasteiger partial charge on any atom is 0.249 e. The number of benzene rings is 2. The zero-order valence-electron chi connectivity index (χ0n) is 15.0. The smallest absolute Gasteiger partial charge is 0.249 e. The predicted molar refractivity (Wildman–Crippen MR) is 112 cm³/mol. The number of aromatic nitrogens is 2. The molecular formula is C20H17ClN4O2S. The molecule has 0 saturated heterocycles. The minimum atomic E-state index is -0.720. The van der Waals surface area contributed by atoms with Crippen molar-refractivity contribution < 1.29 is 9.59 Å². The van der Waals surface area contributed by atoms with Gasteiger partial charge >= 0.3 is 0 Å². The highest BCUT2D eigenvalue weighted by atomic mass is 35.5. The summed E-state index contributed by atoms with van der Waals surface area (Å²) in [5.41, 5.74) is 2.21. The lowest BCUT2D eigenvalue weighted by Crippen LogP contribution is -2.35. The Bertz CT molecular complexity index is 1050. The van der Waals surface area contributed by atoms with Crippen molar-refractivity contribution in [3.8, 4) is 11.3 Å². The number of carbonyl (C=O) groups excluding carboxylic acids is 2. The lowest BCUT2D eigenvalue weighted by atomic mass is 10.1. The fraction of sp³-hybridized carbons (Fsp3) is 0.150. The van der Waals surface area contributed by atoms with E-state index in [1.165, 1.54) is 0 Å². The van der Waals surface area contributed by atoms with E-state index in [9.17, 15) is 9.59 Å². The molecule has 142 valence electrons. The predicted octanol–water partition coefficient (Wildman–Crippen LogP) is 4.45. The number of amides is 2. The first-order valence-electron chi connectivity index (χ1n) is 8.64. The molecule has 0 radical (unpaired) electrons. The van der Waals surface area contributed by atoms with Crippen LogP contribution < -0.4 is 10.6 Å². The van der Waals surface area contributed by atoms with Crippen molar-refractivity contribution in [2.75, 3.05) is 16.9 Å². The first-order chi connectivity index (χ1) is 13.5. The van der Waals surface area contributed by atoms with Crippen LogP contribution >= 0.6 is 23.4 Å². The van der Waals surface area contributed by atoms with Crippen LogP contribution in [0.5, 0.6) is 0 Å². The minimum Gasteiger partial charge on any atom is -0.324 e. The Balaban J connectivity index is 1.63. The quantitative estimate of drug-likeness (QED) is 0.621. The molecule has 4 rings (SSSR count). The van der Waals surface area contributed by atoms with Crippen LogP contribution in [0.15, 0.2) is 59.5 Å². The van der Waals surface area contributed by atoms with Crippen molar-refractivity contribution in [2.24, 2.45) is 0 Å². The number of rotatable bonds is 4. The van der Waals surface area contributed by atoms with Gasteiger partial charge in [-0.1, -0.05) is 29.8 Å². The second-order valence-electron chi connectivity index (χ2n) is 6.36. The van der Waals surface area contributed by atoms with Crippen LogP contribution in [0.3, 0.4) is 0 Å². The molecular weight excluding hydrogens is 396 g/mol. The number of hydrogen-bond acceptors (Lipinski definition) is 4. The molecule has 1 aromatic heterocycles. The van der Waals surface area contributed by atoms with Gasteiger partial charge in [0.1, 0.15) is 11.9 Å². The van der Waals surface area contributed by atoms with Crippen molar-refractivity contribution in [2.45, 2.75) is 17.4 Å². The average molecular weight is 413 g/mol. The van der Waals surface area contributed by atoms with Crippen LogP contribution in [0.4, 0.5) is 11.5 Å². The Hall–Kier alpha value is -2.77.